The largest absolute Gasteiger partial charge is 0.478 e. The van der Waals surface area contributed by atoms with Crippen LogP contribution in [-0.4, -0.2) is 16.0 Å². The molecule has 0 unspecified atom stereocenters. The number of hydrogen-bond acceptors (Lipinski definition) is 4. The van der Waals surface area contributed by atoms with E-state index >= 15 is 0 Å². The van der Waals surface area contributed by atoms with Crippen molar-refractivity contribution in [1.82, 2.24) is 0 Å². The first-order valence-electron chi connectivity index (χ1n) is 6.93. The fraction of sp³-hybridized carbons (Fsp3) is 0. The minimum Gasteiger partial charge on any atom is -0.478 e. The van der Waals surface area contributed by atoms with Crippen LogP contribution in [0.5, 0.6) is 0 Å². The number of nitro groups is 1. The lowest BCUT2D eigenvalue weighted by Crippen LogP contribution is -2.04. The molecule has 0 saturated carbocycles. The molecule has 2 N–H and O–H groups in total. The quantitative estimate of drug-likeness (QED) is 0.550. The Morgan fingerprint density at radius 2 is 1.71 bits per heavy atom. The molecule has 3 rings (SSSR count). The Kier molecular flexibility index (Phi) is 3.83. The summed E-state index contributed by atoms with van der Waals surface area (Å²) in [6.45, 7) is 0. The standard InChI is InChI=1S/C17H11FN2O4/c18-14-6-8-15(12-4-2-1-3-11(12)14)19-16-7-5-10(20(23)24)9-13(16)17(21)22/h1-9,19H,(H,21,22). The summed E-state index contributed by atoms with van der Waals surface area (Å²) in [5.41, 5.74) is 0.132. The Morgan fingerprint density at radius 3 is 2.38 bits per heavy atom. The molecule has 0 aliphatic carbocycles. The second-order valence-electron chi connectivity index (χ2n) is 5.06. The van der Waals surface area contributed by atoms with Crippen LogP contribution in [0.1, 0.15) is 10.4 Å². The lowest BCUT2D eigenvalue weighted by atomic mass is 10.1. The van der Waals surface area contributed by atoms with Crippen molar-refractivity contribution in [2.75, 3.05) is 5.32 Å². The van der Waals surface area contributed by atoms with E-state index < -0.39 is 16.7 Å². The monoisotopic (exact) mass is 326 g/mol. The van der Waals surface area contributed by atoms with Gasteiger partial charge < -0.3 is 10.4 Å². The number of carbonyl (C=O) groups is 1. The zero-order chi connectivity index (χ0) is 17.3. The van der Waals surface area contributed by atoms with Gasteiger partial charge >= 0.3 is 5.97 Å². The van der Waals surface area contributed by atoms with Gasteiger partial charge in [-0.05, 0) is 18.2 Å². The summed E-state index contributed by atoms with van der Waals surface area (Å²) in [6, 6.07) is 13.0. The molecule has 0 aromatic heterocycles. The van der Waals surface area contributed by atoms with E-state index in [1.54, 1.807) is 24.3 Å². The number of hydrogen-bond donors (Lipinski definition) is 2. The number of aromatic carboxylic acids is 1. The highest BCUT2D eigenvalue weighted by atomic mass is 19.1. The molecule has 0 amide bonds. The van der Waals surface area contributed by atoms with Gasteiger partial charge in [0.1, 0.15) is 5.82 Å². The summed E-state index contributed by atoms with van der Waals surface area (Å²) >= 11 is 0. The normalized spacial score (nSPS) is 10.5. The number of halogens is 1. The van der Waals surface area contributed by atoms with Crippen LogP contribution in [0.4, 0.5) is 21.5 Å². The predicted octanol–water partition coefficient (Wildman–Crippen LogP) is 4.33. The molecule has 0 radical (unpaired) electrons. The topological polar surface area (TPSA) is 92.5 Å². The summed E-state index contributed by atoms with van der Waals surface area (Å²) in [6.07, 6.45) is 0. The molecule has 120 valence electrons. The van der Waals surface area contributed by atoms with Crippen LogP contribution in [0, 0.1) is 15.9 Å². The molecule has 0 heterocycles. The van der Waals surface area contributed by atoms with Crippen molar-refractivity contribution in [3.05, 3.63) is 76.1 Å². The van der Waals surface area contributed by atoms with Crippen molar-refractivity contribution >= 4 is 33.8 Å². The molecule has 6 nitrogen and oxygen atoms in total. The third-order valence-corrected chi connectivity index (χ3v) is 3.58. The van der Waals surface area contributed by atoms with Crippen molar-refractivity contribution in [3.8, 4) is 0 Å². The first kappa shape index (κ1) is 15.4. The second-order valence-corrected chi connectivity index (χ2v) is 5.06. The fourth-order valence-corrected chi connectivity index (χ4v) is 2.45. The van der Waals surface area contributed by atoms with Crippen molar-refractivity contribution in [1.29, 1.82) is 0 Å². The van der Waals surface area contributed by atoms with Crippen molar-refractivity contribution in [2.45, 2.75) is 0 Å². The van der Waals surface area contributed by atoms with E-state index in [0.29, 0.717) is 16.5 Å². The van der Waals surface area contributed by atoms with E-state index in [4.69, 9.17) is 0 Å². The van der Waals surface area contributed by atoms with Gasteiger partial charge in [0, 0.05) is 28.6 Å². The van der Waals surface area contributed by atoms with Gasteiger partial charge in [-0.1, -0.05) is 24.3 Å². The van der Waals surface area contributed by atoms with Crippen LogP contribution in [0.3, 0.4) is 0 Å². The number of benzene rings is 3. The molecule has 0 fully saturated rings. The van der Waals surface area contributed by atoms with Crippen molar-refractivity contribution < 1.29 is 19.2 Å². The van der Waals surface area contributed by atoms with Crippen molar-refractivity contribution in [3.63, 3.8) is 0 Å². The maximum Gasteiger partial charge on any atom is 0.338 e. The zero-order valence-electron chi connectivity index (χ0n) is 12.2. The van der Waals surface area contributed by atoms with Gasteiger partial charge in [-0.15, -0.1) is 0 Å². The third kappa shape index (κ3) is 2.74. The van der Waals surface area contributed by atoms with Gasteiger partial charge in [0.25, 0.3) is 5.69 Å². The molecule has 0 atom stereocenters. The molecular weight excluding hydrogens is 315 g/mol. The van der Waals surface area contributed by atoms with Crippen LogP contribution >= 0.6 is 0 Å². The Hall–Kier alpha value is -3.48. The molecule has 0 spiro atoms. The number of non-ortho nitro benzene ring substituents is 1. The summed E-state index contributed by atoms with van der Waals surface area (Å²) in [7, 11) is 0. The lowest BCUT2D eigenvalue weighted by molar-refractivity contribution is -0.384. The van der Waals surface area contributed by atoms with Crippen molar-refractivity contribution in [2.24, 2.45) is 0 Å². The van der Waals surface area contributed by atoms with E-state index in [-0.39, 0.29) is 16.9 Å². The first-order valence-corrected chi connectivity index (χ1v) is 6.93. The van der Waals surface area contributed by atoms with Gasteiger partial charge in [-0.2, -0.15) is 0 Å². The third-order valence-electron chi connectivity index (χ3n) is 3.58. The summed E-state index contributed by atoms with van der Waals surface area (Å²) in [5.74, 6) is -1.69. The molecule has 0 bridgehead atoms. The number of rotatable bonds is 4. The number of nitro benzene ring substituents is 1. The number of fused-ring (bicyclic) bond motifs is 1. The second kappa shape index (κ2) is 5.96. The fourth-order valence-electron chi connectivity index (χ4n) is 2.45. The highest BCUT2D eigenvalue weighted by molar-refractivity contribution is 6.00. The minimum atomic E-state index is -1.30. The maximum absolute atomic E-state index is 13.9. The van der Waals surface area contributed by atoms with Crippen LogP contribution in [0.15, 0.2) is 54.6 Å². The van der Waals surface area contributed by atoms with Gasteiger partial charge in [0.15, 0.2) is 0 Å². The average molecular weight is 326 g/mol. The zero-order valence-corrected chi connectivity index (χ0v) is 12.2. The SMILES string of the molecule is O=C(O)c1cc([N+](=O)[O-])ccc1Nc1ccc(F)c2ccccc12. The Balaban J connectivity index is 2.11. The number of anilines is 2. The molecule has 3 aromatic carbocycles. The Labute approximate surface area is 135 Å². The number of carboxylic acids is 1. The van der Waals surface area contributed by atoms with E-state index in [1.807, 2.05) is 0 Å². The number of carboxylic acid groups (broad SMARTS) is 1. The van der Waals surface area contributed by atoms with Gasteiger partial charge in [-0.3, -0.25) is 10.1 Å². The smallest absolute Gasteiger partial charge is 0.338 e. The molecule has 7 heteroatoms. The summed E-state index contributed by atoms with van der Waals surface area (Å²) < 4.78 is 13.9. The highest BCUT2D eigenvalue weighted by Crippen LogP contribution is 2.31. The van der Waals surface area contributed by atoms with Gasteiger partial charge in [0.2, 0.25) is 0 Å². The molecule has 3 aromatic rings. The van der Waals surface area contributed by atoms with Crippen LogP contribution in [0.25, 0.3) is 10.8 Å². The molecule has 0 saturated heterocycles. The van der Waals surface area contributed by atoms with Gasteiger partial charge in [-0.25, -0.2) is 9.18 Å². The van der Waals surface area contributed by atoms with Crippen LogP contribution in [-0.2, 0) is 0 Å². The van der Waals surface area contributed by atoms with E-state index in [0.717, 1.165) is 6.07 Å². The first-order chi connectivity index (χ1) is 11.5. The highest BCUT2D eigenvalue weighted by Gasteiger charge is 2.17. The van der Waals surface area contributed by atoms with Crippen LogP contribution in [0.2, 0.25) is 0 Å². The molecule has 0 aliphatic heterocycles. The molecule has 0 aliphatic rings. The van der Waals surface area contributed by atoms with E-state index in [1.165, 1.54) is 24.3 Å². The lowest BCUT2D eigenvalue weighted by Gasteiger charge is -2.12. The van der Waals surface area contributed by atoms with Gasteiger partial charge in [0.05, 0.1) is 16.2 Å². The van der Waals surface area contributed by atoms with E-state index in [2.05, 4.69) is 5.32 Å². The molecular formula is C17H11FN2O4. The number of nitrogens with zero attached hydrogens (tertiary/aromatic N) is 1. The maximum atomic E-state index is 13.9. The predicted molar refractivity (Wildman–Crippen MR) is 87.2 cm³/mol. The van der Waals surface area contributed by atoms with E-state index in [9.17, 15) is 24.4 Å². The van der Waals surface area contributed by atoms with Crippen LogP contribution < -0.4 is 5.32 Å². The Bertz CT molecular complexity index is 972. The summed E-state index contributed by atoms with van der Waals surface area (Å²) in [5, 5.41) is 24.0. The number of nitrogens with one attached hydrogen (secondary N) is 1. The average Bonchev–Trinajstić information content (AvgIpc) is 2.57. The summed E-state index contributed by atoms with van der Waals surface area (Å²) in [4.78, 5) is 21.5. The Morgan fingerprint density at radius 1 is 1.04 bits per heavy atom. The molecule has 24 heavy (non-hydrogen) atoms. The minimum absolute atomic E-state index is 0.185.